The van der Waals surface area contributed by atoms with Crippen molar-refractivity contribution in [3.05, 3.63) is 28.8 Å². The molecule has 0 saturated carbocycles. The molecule has 0 unspecified atom stereocenters. The average Bonchev–Trinajstić information content (AvgIpc) is 2.48. The average molecular weight is 188 g/mol. The summed E-state index contributed by atoms with van der Waals surface area (Å²) in [6, 6.07) is 4.24. The Morgan fingerprint density at radius 2 is 2.00 bits per heavy atom. The van der Waals surface area contributed by atoms with Gasteiger partial charge in [0.2, 0.25) is 0 Å². The molecule has 3 N–H and O–H groups in total. The molecule has 0 spiro atoms. The van der Waals surface area contributed by atoms with Gasteiger partial charge in [-0.3, -0.25) is 0 Å². The van der Waals surface area contributed by atoms with Gasteiger partial charge in [-0.25, -0.2) is 0 Å². The molecule has 0 bridgehead atoms. The van der Waals surface area contributed by atoms with E-state index in [2.05, 4.69) is 37.9 Å². The van der Waals surface area contributed by atoms with Crippen molar-refractivity contribution < 1.29 is 0 Å². The fourth-order valence-electron chi connectivity index (χ4n) is 2.03. The molecule has 2 rings (SSSR count). The van der Waals surface area contributed by atoms with E-state index in [1.807, 2.05) is 0 Å². The van der Waals surface area contributed by atoms with E-state index in [1.165, 1.54) is 22.1 Å². The number of nitrogens with two attached hydrogens (primary N) is 1. The van der Waals surface area contributed by atoms with E-state index in [0.29, 0.717) is 0 Å². The zero-order chi connectivity index (χ0) is 10.3. The lowest BCUT2D eigenvalue weighted by molar-refractivity contribution is 1.16. The minimum Gasteiger partial charge on any atom is -0.385 e. The minimum absolute atomic E-state index is 0.816. The van der Waals surface area contributed by atoms with E-state index in [1.54, 1.807) is 0 Å². The van der Waals surface area contributed by atoms with Gasteiger partial charge >= 0.3 is 0 Å². The van der Waals surface area contributed by atoms with Crippen molar-refractivity contribution in [2.45, 2.75) is 27.2 Å². The maximum atomic E-state index is 5.93. The third kappa shape index (κ3) is 1.10. The van der Waals surface area contributed by atoms with Gasteiger partial charge in [0, 0.05) is 16.5 Å². The van der Waals surface area contributed by atoms with E-state index in [-0.39, 0.29) is 0 Å². The van der Waals surface area contributed by atoms with E-state index >= 15 is 0 Å². The summed E-state index contributed by atoms with van der Waals surface area (Å²) >= 11 is 0. The largest absolute Gasteiger partial charge is 0.385 e. The lowest BCUT2D eigenvalue weighted by Crippen LogP contribution is -1.90. The number of benzene rings is 1. The highest BCUT2D eigenvalue weighted by atomic mass is 14.8. The molecular formula is C12H16N2. The number of fused-ring (bicyclic) bond motifs is 1. The van der Waals surface area contributed by atoms with E-state index in [4.69, 9.17) is 5.73 Å². The van der Waals surface area contributed by atoms with Crippen molar-refractivity contribution in [1.29, 1.82) is 0 Å². The van der Waals surface area contributed by atoms with Crippen molar-refractivity contribution in [2.24, 2.45) is 0 Å². The molecule has 14 heavy (non-hydrogen) atoms. The summed E-state index contributed by atoms with van der Waals surface area (Å²) in [5.74, 6) is 0.816. The van der Waals surface area contributed by atoms with Crippen molar-refractivity contribution >= 4 is 16.7 Å². The predicted octanol–water partition coefficient (Wildman–Crippen LogP) is 2.93. The Labute approximate surface area is 84.1 Å². The molecule has 1 aromatic heterocycles. The Bertz CT molecular complexity index is 481. The summed E-state index contributed by atoms with van der Waals surface area (Å²) in [4.78, 5) is 3.22. The third-order valence-electron chi connectivity index (χ3n) is 2.99. The van der Waals surface area contributed by atoms with Crippen LogP contribution in [0.3, 0.4) is 0 Å². The van der Waals surface area contributed by atoms with Crippen LogP contribution in [0.2, 0.25) is 0 Å². The topological polar surface area (TPSA) is 41.8 Å². The molecule has 0 aliphatic carbocycles. The SMILES string of the molecule is CCc1c(N)[nH]c2ccc(C)c(C)c12. The molecule has 0 amide bonds. The van der Waals surface area contributed by atoms with Crippen LogP contribution in [0.5, 0.6) is 0 Å². The predicted molar refractivity (Wildman–Crippen MR) is 61.6 cm³/mol. The van der Waals surface area contributed by atoms with Crippen LogP contribution < -0.4 is 5.73 Å². The molecule has 0 radical (unpaired) electrons. The molecule has 1 aromatic carbocycles. The quantitative estimate of drug-likeness (QED) is 0.709. The molecule has 1 heterocycles. The lowest BCUT2D eigenvalue weighted by atomic mass is 10.0. The number of hydrogen-bond acceptors (Lipinski definition) is 1. The van der Waals surface area contributed by atoms with Gasteiger partial charge in [0.15, 0.2) is 0 Å². The fraction of sp³-hybridized carbons (Fsp3) is 0.333. The molecule has 74 valence electrons. The van der Waals surface area contributed by atoms with Crippen LogP contribution >= 0.6 is 0 Å². The van der Waals surface area contributed by atoms with E-state index in [9.17, 15) is 0 Å². The number of anilines is 1. The van der Waals surface area contributed by atoms with Gasteiger partial charge in [-0.1, -0.05) is 13.0 Å². The minimum atomic E-state index is 0.816. The van der Waals surface area contributed by atoms with E-state index in [0.717, 1.165) is 17.8 Å². The molecule has 0 atom stereocenters. The van der Waals surface area contributed by atoms with Crippen molar-refractivity contribution in [2.75, 3.05) is 5.73 Å². The first kappa shape index (κ1) is 9.13. The Kier molecular flexibility index (Phi) is 1.99. The molecule has 2 nitrogen and oxygen atoms in total. The maximum absolute atomic E-state index is 5.93. The molecule has 0 saturated heterocycles. The number of nitrogens with one attached hydrogen (secondary N) is 1. The summed E-state index contributed by atoms with van der Waals surface area (Å²) in [5, 5.41) is 1.31. The van der Waals surface area contributed by atoms with Crippen molar-refractivity contribution in [1.82, 2.24) is 4.98 Å². The van der Waals surface area contributed by atoms with Crippen LogP contribution in [0.1, 0.15) is 23.6 Å². The third-order valence-corrected chi connectivity index (χ3v) is 2.99. The van der Waals surface area contributed by atoms with Crippen LogP contribution in [0.4, 0.5) is 5.82 Å². The summed E-state index contributed by atoms with van der Waals surface area (Å²) < 4.78 is 0. The highest BCUT2D eigenvalue weighted by Crippen LogP contribution is 2.29. The number of aromatic nitrogens is 1. The van der Waals surface area contributed by atoms with Gasteiger partial charge in [0.05, 0.1) is 0 Å². The Morgan fingerprint density at radius 3 is 2.64 bits per heavy atom. The van der Waals surface area contributed by atoms with Crippen LogP contribution in [0, 0.1) is 13.8 Å². The molecule has 0 aliphatic heterocycles. The van der Waals surface area contributed by atoms with Crippen LogP contribution in [-0.4, -0.2) is 4.98 Å². The summed E-state index contributed by atoms with van der Waals surface area (Å²) in [7, 11) is 0. The number of aromatic amines is 1. The van der Waals surface area contributed by atoms with Crippen LogP contribution in [-0.2, 0) is 6.42 Å². The zero-order valence-electron chi connectivity index (χ0n) is 8.94. The standard InChI is InChI=1S/C12H16N2/c1-4-9-11-8(3)7(2)5-6-10(11)14-12(9)13/h5-6,14H,4,13H2,1-3H3. The Balaban J connectivity index is 2.90. The van der Waals surface area contributed by atoms with Crippen molar-refractivity contribution in [3.63, 3.8) is 0 Å². The second kappa shape index (κ2) is 3.05. The van der Waals surface area contributed by atoms with Crippen LogP contribution in [0.25, 0.3) is 10.9 Å². The van der Waals surface area contributed by atoms with E-state index < -0.39 is 0 Å². The normalized spacial score (nSPS) is 11.1. The van der Waals surface area contributed by atoms with Crippen LogP contribution in [0.15, 0.2) is 12.1 Å². The number of rotatable bonds is 1. The second-order valence-corrected chi connectivity index (χ2v) is 3.80. The van der Waals surface area contributed by atoms with Gasteiger partial charge in [-0.2, -0.15) is 0 Å². The fourth-order valence-corrected chi connectivity index (χ4v) is 2.03. The maximum Gasteiger partial charge on any atom is 0.104 e. The number of aryl methyl sites for hydroxylation is 3. The number of H-pyrrole nitrogens is 1. The second-order valence-electron chi connectivity index (χ2n) is 3.80. The van der Waals surface area contributed by atoms with Crippen molar-refractivity contribution in [3.8, 4) is 0 Å². The first-order chi connectivity index (χ1) is 6.65. The highest BCUT2D eigenvalue weighted by molar-refractivity contribution is 5.91. The first-order valence-electron chi connectivity index (χ1n) is 5.01. The molecule has 2 aromatic rings. The monoisotopic (exact) mass is 188 g/mol. The van der Waals surface area contributed by atoms with Gasteiger partial charge < -0.3 is 10.7 Å². The zero-order valence-corrected chi connectivity index (χ0v) is 8.94. The number of hydrogen-bond donors (Lipinski definition) is 2. The molecular weight excluding hydrogens is 172 g/mol. The smallest absolute Gasteiger partial charge is 0.104 e. The molecule has 0 aliphatic rings. The molecule has 2 heteroatoms. The highest BCUT2D eigenvalue weighted by Gasteiger charge is 2.10. The van der Waals surface area contributed by atoms with Gasteiger partial charge in [0.1, 0.15) is 5.82 Å². The lowest BCUT2D eigenvalue weighted by Gasteiger charge is -2.03. The first-order valence-corrected chi connectivity index (χ1v) is 5.01. The number of nitrogen functional groups attached to an aromatic ring is 1. The summed E-state index contributed by atoms with van der Waals surface area (Å²) in [6.07, 6.45) is 0.982. The Morgan fingerprint density at radius 1 is 1.29 bits per heavy atom. The van der Waals surface area contributed by atoms with Gasteiger partial charge in [0.25, 0.3) is 0 Å². The summed E-state index contributed by atoms with van der Waals surface area (Å²) in [5.41, 5.74) is 11.0. The van der Waals surface area contributed by atoms with Gasteiger partial charge in [-0.15, -0.1) is 0 Å². The summed E-state index contributed by atoms with van der Waals surface area (Å²) in [6.45, 7) is 6.43. The van der Waals surface area contributed by atoms with Gasteiger partial charge in [-0.05, 0) is 37.5 Å². The Hall–Kier alpha value is -1.44. The molecule has 0 fully saturated rings.